The van der Waals surface area contributed by atoms with Crippen LogP contribution in [0.15, 0.2) is 0 Å². The first-order chi connectivity index (χ1) is 17.2. The Morgan fingerprint density at radius 1 is 0.553 bits per heavy atom. The van der Waals surface area contributed by atoms with E-state index in [0.29, 0.717) is 12.8 Å². The molecular formula is C28H50O8S2. The van der Waals surface area contributed by atoms with E-state index < -0.39 is 45.2 Å². The molecule has 0 aliphatic rings. The monoisotopic (exact) mass is 578 g/mol. The van der Waals surface area contributed by atoms with Crippen molar-refractivity contribution >= 4 is 45.5 Å². The van der Waals surface area contributed by atoms with E-state index >= 15 is 0 Å². The molecule has 0 saturated heterocycles. The first-order valence-corrected chi connectivity index (χ1v) is 15.0. The second-order valence-electron chi connectivity index (χ2n) is 13.0. The maximum Gasteiger partial charge on any atom is 0.309 e. The molecule has 0 rings (SSSR count). The number of rotatable bonds is 15. The molecule has 0 amide bonds. The molecule has 0 aromatic rings. The molecule has 0 saturated carbocycles. The fourth-order valence-electron chi connectivity index (χ4n) is 5.14. The highest BCUT2D eigenvalue weighted by Gasteiger charge is 2.42. The van der Waals surface area contributed by atoms with E-state index in [9.17, 15) is 19.2 Å². The Balaban J connectivity index is 6.26. The summed E-state index contributed by atoms with van der Waals surface area (Å²) in [5, 5.41) is 0. The van der Waals surface area contributed by atoms with Gasteiger partial charge in [-0.3, -0.25) is 19.2 Å². The van der Waals surface area contributed by atoms with Gasteiger partial charge < -0.3 is 18.9 Å². The van der Waals surface area contributed by atoms with E-state index in [1.807, 2.05) is 0 Å². The van der Waals surface area contributed by atoms with Crippen LogP contribution in [0.1, 0.15) is 93.9 Å². The Bertz CT molecular complexity index is 736. The predicted molar refractivity (Wildman–Crippen MR) is 154 cm³/mol. The van der Waals surface area contributed by atoms with Crippen molar-refractivity contribution in [1.29, 1.82) is 0 Å². The number of carbonyl (C=O) groups is 4. The van der Waals surface area contributed by atoms with E-state index in [4.69, 9.17) is 18.9 Å². The van der Waals surface area contributed by atoms with Crippen LogP contribution in [0, 0.1) is 22.7 Å². The van der Waals surface area contributed by atoms with Crippen LogP contribution >= 0.6 is 21.6 Å². The molecule has 0 radical (unpaired) electrons. The van der Waals surface area contributed by atoms with Gasteiger partial charge in [0.25, 0.3) is 0 Å². The zero-order chi connectivity index (χ0) is 29.9. The summed E-state index contributed by atoms with van der Waals surface area (Å²) in [5.41, 5.74) is -0.123. The third kappa shape index (κ3) is 14.7. The quantitative estimate of drug-likeness (QED) is 0.126. The van der Waals surface area contributed by atoms with Crippen molar-refractivity contribution in [3.63, 3.8) is 0 Å². The molecule has 0 aliphatic carbocycles. The van der Waals surface area contributed by atoms with Gasteiger partial charge in [-0.25, -0.2) is 0 Å². The first-order valence-electron chi connectivity index (χ1n) is 12.9. The molecule has 4 unspecified atom stereocenters. The first kappa shape index (κ1) is 36.6. The molecule has 38 heavy (non-hydrogen) atoms. The predicted octanol–water partition coefficient (Wildman–Crippen LogP) is 6.24. The SMILES string of the molecule is COC(=O)CC(CC(C)(CC(C)(C)C)SSC(C)(CC(CC(=O)OC)C(=O)OC)CC(C)(C)C)C(=O)OC. The van der Waals surface area contributed by atoms with Crippen LogP contribution in [0.4, 0.5) is 0 Å². The normalized spacial score (nSPS) is 16.8. The Labute approximate surface area is 237 Å². The fourth-order valence-corrected chi connectivity index (χ4v) is 9.03. The average Bonchev–Trinajstić information content (AvgIpc) is 2.78. The topological polar surface area (TPSA) is 105 Å². The lowest BCUT2D eigenvalue weighted by Gasteiger charge is -2.42. The molecule has 10 heteroatoms. The van der Waals surface area contributed by atoms with Crippen molar-refractivity contribution in [2.75, 3.05) is 28.4 Å². The summed E-state index contributed by atoms with van der Waals surface area (Å²) >= 11 is 0. The smallest absolute Gasteiger partial charge is 0.309 e. The summed E-state index contributed by atoms with van der Waals surface area (Å²) in [6.45, 7) is 17.1. The average molecular weight is 579 g/mol. The third-order valence-corrected chi connectivity index (χ3v) is 10.1. The number of esters is 4. The van der Waals surface area contributed by atoms with Crippen molar-refractivity contribution in [1.82, 2.24) is 0 Å². The minimum absolute atomic E-state index is 0.0586. The van der Waals surface area contributed by atoms with Crippen molar-refractivity contribution < 1.29 is 38.1 Å². The molecule has 222 valence electrons. The van der Waals surface area contributed by atoms with Crippen molar-refractivity contribution in [2.24, 2.45) is 22.7 Å². The van der Waals surface area contributed by atoms with Gasteiger partial charge in [0.2, 0.25) is 0 Å². The number of hydrogen-bond acceptors (Lipinski definition) is 10. The summed E-state index contributed by atoms with van der Waals surface area (Å²) < 4.78 is 18.9. The Morgan fingerprint density at radius 2 is 0.842 bits per heavy atom. The van der Waals surface area contributed by atoms with Crippen molar-refractivity contribution in [3.05, 3.63) is 0 Å². The summed E-state index contributed by atoms with van der Waals surface area (Å²) in [6.07, 6.45) is 2.24. The number of hydrogen-bond donors (Lipinski definition) is 0. The lowest BCUT2D eigenvalue weighted by molar-refractivity contribution is -0.152. The highest BCUT2D eigenvalue weighted by Crippen LogP contribution is 2.55. The molecule has 4 atom stereocenters. The van der Waals surface area contributed by atoms with Gasteiger partial charge in [-0.2, -0.15) is 0 Å². The number of ether oxygens (including phenoxy) is 4. The standard InChI is InChI=1S/C28H50O8S2/c1-25(2,3)17-27(7,15-19(23(31)35-11)13-21(29)33-9)37-38-28(8,18-26(4,5)6)16-20(24(32)36-12)14-22(30)34-10/h19-20H,13-18H2,1-12H3. The fraction of sp³-hybridized carbons (Fsp3) is 0.857. The maximum atomic E-state index is 12.6. The van der Waals surface area contributed by atoms with Crippen LogP contribution in [0.5, 0.6) is 0 Å². The molecule has 0 aromatic carbocycles. The molecule has 0 spiro atoms. The van der Waals surface area contributed by atoms with E-state index in [1.54, 1.807) is 21.6 Å². The van der Waals surface area contributed by atoms with Gasteiger partial charge in [-0.1, -0.05) is 63.1 Å². The van der Waals surface area contributed by atoms with Gasteiger partial charge in [0.05, 0.1) is 53.1 Å². The summed E-state index contributed by atoms with van der Waals surface area (Å²) in [4.78, 5) is 49.5. The maximum absolute atomic E-state index is 12.6. The van der Waals surface area contributed by atoms with Crippen LogP contribution < -0.4 is 0 Å². The van der Waals surface area contributed by atoms with Crippen molar-refractivity contribution in [2.45, 2.75) is 103 Å². The molecule has 0 heterocycles. The van der Waals surface area contributed by atoms with Crippen LogP contribution in [0.2, 0.25) is 0 Å². The van der Waals surface area contributed by atoms with E-state index in [1.165, 1.54) is 28.4 Å². The summed E-state index contributed by atoms with van der Waals surface area (Å²) in [6, 6.07) is 0. The van der Waals surface area contributed by atoms with Crippen molar-refractivity contribution in [3.8, 4) is 0 Å². The molecule has 8 nitrogen and oxygen atoms in total. The minimum Gasteiger partial charge on any atom is -0.469 e. The van der Waals surface area contributed by atoms with Gasteiger partial charge in [-0.05, 0) is 50.4 Å². The summed E-state index contributed by atoms with van der Waals surface area (Å²) in [5.74, 6) is -3.10. The van der Waals surface area contributed by atoms with Crippen LogP contribution in [-0.2, 0) is 38.1 Å². The molecule has 0 aromatic heterocycles. The number of methoxy groups -OCH3 is 4. The molecular weight excluding hydrogens is 528 g/mol. The van der Waals surface area contributed by atoms with Crippen LogP contribution in [-0.4, -0.2) is 61.8 Å². The highest BCUT2D eigenvalue weighted by molar-refractivity contribution is 8.77. The number of carbonyl (C=O) groups excluding carboxylic acids is 4. The molecule has 0 bridgehead atoms. The van der Waals surface area contributed by atoms with Gasteiger partial charge >= 0.3 is 23.9 Å². The second kappa shape index (κ2) is 15.4. The highest BCUT2D eigenvalue weighted by atomic mass is 33.1. The Hall–Kier alpha value is -1.42. The van der Waals surface area contributed by atoms with Crippen LogP contribution in [0.3, 0.4) is 0 Å². The molecule has 0 fully saturated rings. The van der Waals surface area contributed by atoms with E-state index in [2.05, 4.69) is 55.4 Å². The largest absolute Gasteiger partial charge is 0.469 e. The van der Waals surface area contributed by atoms with Gasteiger partial charge in [0.15, 0.2) is 0 Å². The van der Waals surface area contributed by atoms with E-state index in [-0.39, 0.29) is 23.7 Å². The Kier molecular flexibility index (Phi) is 14.8. The van der Waals surface area contributed by atoms with Gasteiger partial charge in [0.1, 0.15) is 0 Å². The van der Waals surface area contributed by atoms with Gasteiger partial charge in [-0.15, -0.1) is 0 Å². The molecule has 0 N–H and O–H groups in total. The third-order valence-electron chi connectivity index (χ3n) is 5.96. The van der Waals surface area contributed by atoms with Gasteiger partial charge in [0, 0.05) is 9.49 Å². The second-order valence-corrected chi connectivity index (χ2v) is 16.3. The minimum atomic E-state index is -0.649. The zero-order valence-electron chi connectivity index (χ0n) is 25.5. The van der Waals surface area contributed by atoms with Crippen LogP contribution in [0.25, 0.3) is 0 Å². The Morgan fingerprint density at radius 3 is 1.05 bits per heavy atom. The summed E-state index contributed by atoms with van der Waals surface area (Å²) in [7, 11) is 8.59. The zero-order valence-corrected chi connectivity index (χ0v) is 27.1. The van der Waals surface area contributed by atoms with E-state index in [0.717, 1.165) is 12.8 Å². The lowest BCUT2D eigenvalue weighted by Crippen LogP contribution is -2.36. The molecule has 0 aliphatic heterocycles. The lowest BCUT2D eigenvalue weighted by atomic mass is 9.80.